The van der Waals surface area contributed by atoms with Gasteiger partial charge in [0.1, 0.15) is 18.8 Å². The molecule has 0 radical (unpaired) electrons. The van der Waals surface area contributed by atoms with Crippen LogP contribution >= 0.6 is 0 Å². The summed E-state index contributed by atoms with van der Waals surface area (Å²) in [5.41, 5.74) is 0. The highest BCUT2D eigenvalue weighted by Crippen LogP contribution is 2.26. The number of esters is 3. The first-order valence-corrected chi connectivity index (χ1v) is 33.2. The first-order chi connectivity index (χ1) is 40.6. The third-order valence-electron chi connectivity index (χ3n) is 14.6. The van der Waals surface area contributed by atoms with Gasteiger partial charge in [0.25, 0.3) is 0 Å². The lowest BCUT2D eigenvalue weighted by atomic mass is 9.98. The summed E-state index contributed by atoms with van der Waals surface area (Å²) in [4.78, 5) is 51.4. The SMILES string of the molecule is CC/C=C\C/C=C\C/C=C\C/C=C\C/C=C\CCCCCC(=O)OC1C(OCC(COC(=O)CCCCCCCC/C=C\C/C=C\C/C=C\CCCCC)OC(=O)CCCCCCCCCCCCCCCCC)OC(C(=O)O)C(O)C1O. The molecule has 0 bridgehead atoms. The smallest absolute Gasteiger partial charge is 0.335 e. The number of aliphatic carboxylic acids is 1. The Labute approximate surface area is 504 Å². The molecule has 0 amide bonds. The third kappa shape index (κ3) is 47.6. The highest BCUT2D eigenvalue weighted by Gasteiger charge is 2.50. The van der Waals surface area contributed by atoms with E-state index in [1.807, 2.05) is 0 Å². The number of carbonyl (C=O) groups excluding carboxylic acids is 3. The zero-order valence-corrected chi connectivity index (χ0v) is 52.4. The molecule has 0 spiro atoms. The fourth-order valence-corrected chi connectivity index (χ4v) is 9.58. The lowest BCUT2D eigenvalue weighted by Gasteiger charge is -2.40. The molecule has 12 heteroatoms. The zero-order valence-electron chi connectivity index (χ0n) is 52.4. The van der Waals surface area contributed by atoms with E-state index in [0.29, 0.717) is 19.3 Å². The molecular formula is C71H118O12. The van der Waals surface area contributed by atoms with Gasteiger partial charge in [0, 0.05) is 19.3 Å². The number of aliphatic hydroxyl groups excluding tert-OH is 2. The van der Waals surface area contributed by atoms with E-state index in [9.17, 15) is 34.5 Å². The zero-order chi connectivity index (χ0) is 60.3. The molecule has 12 nitrogen and oxygen atoms in total. The van der Waals surface area contributed by atoms with Crippen LogP contribution in [0.1, 0.15) is 278 Å². The van der Waals surface area contributed by atoms with Gasteiger partial charge < -0.3 is 39.0 Å². The van der Waals surface area contributed by atoms with Crippen LogP contribution in [-0.4, -0.2) is 89.2 Å². The second kappa shape index (κ2) is 58.0. The minimum absolute atomic E-state index is 0.0173. The number of unbranched alkanes of at least 4 members (excludes halogenated alkanes) is 26. The number of hydrogen-bond donors (Lipinski definition) is 3. The standard InChI is InChI=1S/C71H118O12/c1-4-7-10-13-16-19-22-25-28-30-32-34-37-39-42-45-48-51-54-57-63(72)79-60-62(81-64(73)58-55-52-49-46-43-40-36-27-24-21-18-15-12-9-6-3)61-80-71-69(67(76)66(75)68(83-71)70(77)78)82-65(74)59-56-53-50-47-44-41-38-35-33-31-29-26-23-20-17-14-11-8-5-2/h8,11,16-17,19-20,25-26,28-29,32-35,41,44,62,66-69,71,75-76H,4-7,9-10,12-15,18,21-24,27,30-31,36-40,42-43,45-61H2,1-3H3,(H,77,78)/b11-8-,19-16-,20-17-,28-25-,29-26-,34-32-,35-33-,44-41-. The van der Waals surface area contributed by atoms with Crippen LogP contribution in [0.2, 0.25) is 0 Å². The topological polar surface area (TPSA) is 175 Å². The van der Waals surface area contributed by atoms with E-state index in [1.165, 1.54) is 96.3 Å². The summed E-state index contributed by atoms with van der Waals surface area (Å²) in [7, 11) is 0. The maximum absolute atomic E-state index is 13.2. The molecule has 0 aromatic rings. The van der Waals surface area contributed by atoms with Crippen LogP contribution in [0.3, 0.4) is 0 Å². The first-order valence-electron chi connectivity index (χ1n) is 33.2. The van der Waals surface area contributed by atoms with Crippen molar-refractivity contribution in [2.24, 2.45) is 0 Å². The molecule has 0 aromatic heterocycles. The van der Waals surface area contributed by atoms with Crippen molar-refractivity contribution in [3.8, 4) is 0 Å². The van der Waals surface area contributed by atoms with Crippen molar-refractivity contribution in [2.45, 2.75) is 314 Å². The minimum Gasteiger partial charge on any atom is -0.479 e. The van der Waals surface area contributed by atoms with Crippen LogP contribution in [-0.2, 0) is 42.9 Å². The van der Waals surface area contributed by atoms with E-state index >= 15 is 0 Å². The average Bonchev–Trinajstić information content (AvgIpc) is 3.60. The second-order valence-electron chi connectivity index (χ2n) is 22.4. The van der Waals surface area contributed by atoms with Crippen molar-refractivity contribution in [2.75, 3.05) is 13.2 Å². The molecule has 1 heterocycles. The number of carboxylic acid groups (broad SMARTS) is 1. The number of aliphatic hydroxyl groups is 2. The Hall–Kier alpha value is -4.36. The Morgan fingerprint density at radius 2 is 0.759 bits per heavy atom. The molecule has 1 saturated heterocycles. The van der Waals surface area contributed by atoms with Crippen LogP contribution in [0.5, 0.6) is 0 Å². The molecule has 474 valence electrons. The molecule has 0 saturated carbocycles. The molecule has 1 aliphatic heterocycles. The lowest BCUT2D eigenvalue weighted by molar-refractivity contribution is -0.301. The number of ether oxygens (including phenoxy) is 5. The minimum atomic E-state index is -1.92. The number of allylic oxidation sites excluding steroid dienone is 16. The molecule has 3 N–H and O–H groups in total. The van der Waals surface area contributed by atoms with Gasteiger partial charge in [-0.3, -0.25) is 14.4 Å². The van der Waals surface area contributed by atoms with E-state index in [2.05, 4.69) is 118 Å². The Morgan fingerprint density at radius 1 is 0.410 bits per heavy atom. The Kier molecular flexibility index (Phi) is 53.6. The number of carbonyl (C=O) groups is 4. The Balaban J connectivity index is 2.68. The fraction of sp³-hybridized carbons (Fsp3) is 0.718. The van der Waals surface area contributed by atoms with Crippen molar-refractivity contribution < 1.29 is 58.2 Å². The summed E-state index contributed by atoms with van der Waals surface area (Å²) in [6.07, 6.45) is 65.0. The highest BCUT2D eigenvalue weighted by atomic mass is 16.7. The van der Waals surface area contributed by atoms with Crippen LogP contribution in [0, 0.1) is 0 Å². The fourth-order valence-electron chi connectivity index (χ4n) is 9.58. The van der Waals surface area contributed by atoms with Gasteiger partial charge in [0.05, 0.1) is 6.61 Å². The van der Waals surface area contributed by atoms with E-state index < -0.39 is 67.3 Å². The average molecular weight is 1160 g/mol. The third-order valence-corrected chi connectivity index (χ3v) is 14.6. The van der Waals surface area contributed by atoms with Crippen molar-refractivity contribution in [3.63, 3.8) is 0 Å². The number of carboxylic acids is 1. The van der Waals surface area contributed by atoms with Crippen molar-refractivity contribution >= 4 is 23.9 Å². The van der Waals surface area contributed by atoms with Crippen LogP contribution in [0.15, 0.2) is 97.2 Å². The predicted octanol–water partition coefficient (Wildman–Crippen LogP) is 18.0. The van der Waals surface area contributed by atoms with Crippen molar-refractivity contribution in [1.82, 2.24) is 0 Å². The van der Waals surface area contributed by atoms with Gasteiger partial charge in [-0.2, -0.15) is 0 Å². The normalized spacial score (nSPS) is 18.2. The Morgan fingerprint density at radius 3 is 1.19 bits per heavy atom. The van der Waals surface area contributed by atoms with Crippen LogP contribution < -0.4 is 0 Å². The van der Waals surface area contributed by atoms with E-state index in [4.69, 9.17) is 23.7 Å². The predicted molar refractivity (Wildman–Crippen MR) is 340 cm³/mol. The summed E-state index contributed by atoms with van der Waals surface area (Å²) < 4.78 is 28.5. The maximum atomic E-state index is 13.2. The van der Waals surface area contributed by atoms with Crippen molar-refractivity contribution in [3.05, 3.63) is 97.2 Å². The highest BCUT2D eigenvalue weighted by molar-refractivity contribution is 5.74. The van der Waals surface area contributed by atoms with Gasteiger partial charge >= 0.3 is 23.9 Å². The molecule has 6 unspecified atom stereocenters. The van der Waals surface area contributed by atoms with Gasteiger partial charge in [0.15, 0.2) is 24.6 Å². The molecule has 83 heavy (non-hydrogen) atoms. The molecule has 1 rings (SSSR count). The molecule has 1 fully saturated rings. The van der Waals surface area contributed by atoms with Gasteiger partial charge in [-0.25, -0.2) is 4.79 Å². The monoisotopic (exact) mass is 1160 g/mol. The number of hydrogen-bond acceptors (Lipinski definition) is 11. The summed E-state index contributed by atoms with van der Waals surface area (Å²) in [6.45, 7) is 5.86. The van der Waals surface area contributed by atoms with Gasteiger partial charge in [0.2, 0.25) is 0 Å². The van der Waals surface area contributed by atoms with E-state index in [0.717, 1.165) is 122 Å². The summed E-state index contributed by atoms with van der Waals surface area (Å²) in [5.74, 6) is -3.17. The van der Waals surface area contributed by atoms with Gasteiger partial charge in [-0.05, 0) is 103 Å². The van der Waals surface area contributed by atoms with Crippen molar-refractivity contribution in [1.29, 1.82) is 0 Å². The lowest BCUT2D eigenvalue weighted by Crippen LogP contribution is -2.61. The summed E-state index contributed by atoms with van der Waals surface area (Å²) in [6, 6.07) is 0. The Bertz CT molecular complexity index is 1810. The molecule has 6 atom stereocenters. The van der Waals surface area contributed by atoms with E-state index in [-0.39, 0.29) is 25.9 Å². The van der Waals surface area contributed by atoms with E-state index in [1.54, 1.807) is 0 Å². The molecule has 0 aromatic carbocycles. The first kappa shape index (κ1) is 76.7. The largest absolute Gasteiger partial charge is 0.479 e. The summed E-state index contributed by atoms with van der Waals surface area (Å²) >= 11 is 0. The van der Waals surface area contributed by atoms with Crippen LogP contribution in [0.25, 0.3) is 0 Å². The quantitative estimate of drug-likeness (QED) is 0.0228. The maximum Gasteiger partial charge on any atom is 0.335 e. The van der Waals surface area contributed by atoms with Gasteiger partial charge in [-0.15, -0.1) is 0 Å². The number of rotatable bonds is 56. The molecule has 1 aliphatic rings. The van der Waals surface area contributed by atoms with Crippen LogP contribution in [0.4, 0.5) is 0 Å². The summed E-state index contributed by atoms with van der Waals surface area (Å²) in [5, 5.41) is 31.6. The second-order valence-corrected chi connectivity index (χ2v) is 22.4. The molecule has 0 aliphatic carbocycles. The van der Waals surface area contributed by atoms with Gasteiger partial charge in [-0.1, -0.05) is 253 Å². The molecular weight excluding hydrogens is 1040 g/mol.